The van der Waals surface area contributed by atoms with Crippen LogP contribution in [0.5, 0.6) is 0 Å². The molecule has 0 radical (unpaired) electrons. The fourth-order valence-corrected chi connectivity index (χ4v) is 1.76. The zero-order chi connectivity index (χ0) is 10.6. The highest BCUT2D eigenvalue weighted by Crippen LogP contribution is 2.24. The van der Waals surface area contributed by atoms with Gasteiger partial charge in [0.2, 0.25) is 0 Å². The monoisotopic (exact) mass is 200 g/mol. The molecule has 0 saturated heterocycles. The maximum absolute atomic E-state index is 10.8. The molecule has 0 aliphatic heterocycles. The SMILES string of the molecule is CC(=O)O[C@H]1CCCC[C@@H]1OC(C)=O. The van der Waals surface area contributed by atoms with Gasteiger partial charge in [0.25, 0.3) is 0 Å². The van der Waals surface area contributed by atoms with Crippen molar-refractivity contribution < 1.29 is 19.1 Å². The van der Waals surface area contributed by atoms with Gasteiger partial charge in [-0.2, -0.15) is 0 Å². The van der Waals surface area contributed by atoms with Crippen LogP contribution in [-0.4, -0.2) is 24.1 Å². The fourth-order valence-electron chi connectivity index (χ4n) is 1.76. The molecule has 1 aliphatic rings. The van der Waals surface area contributed by atoms with E-state index >= 15 is 0 Å². The highest BCUT2D eigenvalue weighted by atomic mass is 16.6. The van der Waals surface area contributed by atoms with Crippen molar-refractivity contribution in [2.45, 2.75) is 51.7 Å². The summed E-state index contributed by atoms with van der Waals surface area (Å²) in [4.78, 5) is 21.6. The predicted molar refractivity (Wildman–Crippen MR) is 49.6 cm³/mol. The molecule has 1 rings (SSSR count). The van der Waals surface area contributed by atoms with Gasteiger partial charge in [0.1, 0.15) is 12.2 Å². The largest absolute Gasteiger partial charge is 0.459 e. The van der Waals surface area contributed by atoms with Crippen molar-refractivity contribution >= 4 is 11.9 Å². The number of ether oxygens (including phenoxy) is 2. The molecule has 2 atom stereocenters. The third kappa shape index (κ3) is 3.36. The number of hydrogen-bond donors (Lipinski definition) is 0. The molecule has 1 aliphatic carbocycles. The van der Waals surface area contributed by atoms with Crippen LogP contribution in [0.4, 0.5) is 0 Å². The summed E-state index contributed by atoms with van der Waals surface area (Å²) >= 11 is 0. The summed E-state index contributed by atoms with van der Waals surface area (Å²) in [6.45, 7) is 2.75. The lowest BCUT2D eigenvalue weighted by atomic mass is 9.94. The zero-order valence-corrected chi connectivity index (χ0v) is 8.62. The summed E-state index contributed by atoms with van der Waals surface area (Å²) in [5.74, 6) is -0.622. The predicted octanol–water partition coefficient (Wildman–Crippen LogP) is 1.42. The summed E-state index contributed by atoms with van der Waals surface area (Å²) in [7, 11) is 0. The zero-order valence-electron chi connectivity index (χ0n) is 8.62. The number of rotatable bonds is 2. The van der Waals surface area contributed by atoms with Crippen LogP contribution in [0.25, 0.3) is 0 Å². The molecule has 0 bridgehead atoms. The van der Waals surface area contributed by atoms with E-state index in [9.17, 15) is 9.59 Å². The van der Waals surface area contributed by atoms with Crippen molar-refractivity contribution in [2.24, 2.45) is 0 Å². The minimum Gasteiger partial charge on any atom is -0.459 e. The molecule has 14 heavy (non-hydrogen) atoms. The van der Waals surface area contributed by atoms with E-state index in [0.29, 0.717) is 0 Å². The number of carbonyl (C=O) groups excluding carboxylic acids is 2. The Kier molecular flexibility index (Phi) is 3.92. The molecule has 0 amide bonds. The first-order valence-electron chi connectivity index (χ1n) is 4.94. The first-order chi connectivity index (χ1) is 6.59. The first-order valence-corrected chi connectivity index (χ1v) is 4.94. The van der Waals surface area contributed by atoms with E-state index in [2.05, 4.69) is 0 Å². The topological polar surface area (TPSA) is 52.6 Å². The molecule has 0 spiro atoms. The quantitative estimate of drug-likeness (QED) is 0.633. The van der Waals surface area contributed by atoms with Crippen LogP contribution in [-0.2, 0) is 19.1 Å². The molecule has 0 unspecified atom stereocenters. The standard InChI is InChI=1S/C10H16O4/c1-7(11)13-9-5-3-4-6-10(9)14-8(2)12/h9-10H,3-6H2,1-2H3/t9-,10-/m0/s1. The van der Waals surface area contributed by atoms with Crippen LogP contribution in [0.2, 0.25) is 0 Å². The highest BCUT2D eigenvalue weighted by molar-refractivity contribution is 5.67. The Hall–Kier alpha value is -1.06. The lowest BCUT2D eigenvalue weighted by Gasteiger charge is -2.29. The van der Waals surface area contributed by atoms with Crippen LogP contribution in [0.1, 0.15) is 39.5 Å². The average molecular weight is 200 g/mol. The average Bonchev–Trinajstić information content (AvgIpc) is 2.06. The third-order valence-corrected chi connectivity index (χ3v) is 2.28. The molecule has 80 valence electrons. The third-order valence-electron chi connectivity index (χ3n) is 2.28. The number of esters is 2. The Balaban J connectivity index is 2.49. The maximum atomic E-state index is 10.8. The Labute approximate surface area is 83.6 Å². The minimum absolute atomic E-state index is 0.245. The van der Waals surface area contributed by atoms with Gasteiger partial charge in [0.05, 0.1) is 0 Å². The molecule has 4 nitrogen and oxygen atoms in total. The second kappa shape index (κ2) is 4.98. The van der Waals surface area contributed by atoms with E-state index in [-0.39, 0.29) is 24.1 Å². The normalized spacial score (nSPS) is 26.7. The lowest BCUT2D eigenvalue weighted by molar-refractivity contribution is -0.168. The second-order valence-electron chi connectivity index (χ2n) is 3.58. The number of carbonyl (C=O) groups is 2. The van der Waals surface area contributed by atoms with Gasteiger partial charge in [-0.15, -0.1) is 0 Å². The van der Waals surface area contributed by atoms with Crippen LogP contribution in [0, 0.1) is 0 Å². The molecule has 0 aromatic rings. The van der Waals surface area contributed by atoms with Crippen molar-refractivity contribution in [1.29, 1.82) is 0 Å². The maximum Gasteiger partial charge on any atom is 0.303 e. The van der Waals surface area contributed by atoms with Crippen LogP contribution < -0.4 is 0 Å². The molecule has 0 heterocycles. The van der Waals surface area contributed by atoms with Crippen molar-refractivity contribution in [3.05, 3.63) is 0 Å². The van der Waals surface area contributed by atoms with Gasteiger partial charge in [0.15, 0.2) is 0 Å². The summed E-state index contributed by atoms with van der Waals surface area (Å²) in [5, 5.41) is 0. The summed E-state index contributed by atoms with van der Waals surface area (Å²) in [5.41, 5.74) is 0. The molecule has 4 heteroatoms. The molecule has 0 aromatic heterocycles. The Morgan fingerprint density at radius 2 is 1.29 bits per heavy atom. The Morgan fingerprint density at radius 3 is 1.57 bits per heavy atom. The molecular formula is C10H16O4. The second-order valence-corrected chi connectivity index (χ2v) is 3.58. The van der Waals surface area contributed by atoms with Gasteiger partial charge < -0.3 is 9.47 Å². The smallest absolute Gasteiger partial charge is 0.303 e. The van der Waals surface area contributed by atoms with E-state index in [1.54, 1.807) is 0 Å². The van der Waals surface area contributed by atoms with Crippen LogP contribution in [0.15, 0.2) is 0 Å². The van der Waals surface area contributed by atoms with E-state index in [1.807, 2.05) is 0 Å². The molecule has 1 fully saturated rings. The van der Waals surface area contributed by atoms with Gasteiger partial charge in [0, 0.05) is 13.8 Å². The Bertz CT molecular complexity index is 200. The minimum atomic E-state index is -0.311. The van der Waals surface area contributed by atoms with Crippen LogP contribution >= 0.6 is 0 Å². The lowest BCUT2D eigenvalue weighted by Crippen LogP contribution is -2.36. The van der Waals surface area contributed by atoms with Crippen molar-refractivity contribution in [3.8, 4) is 0 Å². The summed E-state index contributed by atoms with van der Waals surface area (Å²) in [6.07, 6.45) is 3.14. The van der Waals surface area contributed by atoms with Gasteiger partial charge in [-0.1, -0.05) is 0 Å². The van der Waals surface area contributed by atoms with E-state index in [0.717, 1.165) is 25.7 Å². The van der Waals surface area contributed by atoms with Gasteiger partial charge in [-0.05, 0) is 25.7 Å². The van der Waals surface area contributed by atoms with E-state index in [1.165, 1.54) is 13.8 Å². The summed E-state index contributed by atoms with van der Waals surface area (Å²) < 4.78 is 10.2. The van der Waals surface area contributed by atoms with Crippen molar-refractivity contribution in [3.63, 3.8) is 0 Å². The number of hydrogen-bond acceptors (Lipinski definition) is 4. The molecule has 0 aromatic carbocycles. The molecule has 1 saturated carbocycles. The Morgan fingerprint density at radius 1 is 0.929 bits per heavy atom. The summed E-state index contributed by atoms with van der Waals surface area (Å²) in [6, 6.07) is 0. The van der Waals surface area contributed by atoms with Gasteiger partial charge >= 0.3 is 11.9 Å². The van der Waals surface area contributed by atoms with Crippen LogP contribution in [0.3, 0.4) is 0 Å². The van der Waals surface area contributed by atoms with Gasteiger partial charge in [-0.3, -0.25) is 9.59 Å². The van der Waals surface area contributed by atoms with E-state index in [4.69, 9.17) is 9.47 Å². The van der Waals surface area contributed by atoms with E-state index < -0.39 is 0 Å². The molecule has 0 N–H and O–H groups in total. The fraction of sp³-hybridized carbons (Fsp3) is 0.800. The molecular weight excluding hydrogens is 184 g/mol. The first kappa shape index (κ1) is 11.0. The van der Waals surface area contributed by atoms with Crippen molar-refractivity contribution in [1.82, 2.24) is 0 Å². The highest BCUT2D eigenvalue weighted by Gasteiger charge is 2.29. The van der Waals surface area contributed by atoms with Gasteiger partial charge in [-0.25, -0.2) is 0 Å². The van der Waals surface area contributed by atoms with Crippen molar-refractivity contribution in [2.75, 3.05) is 0 Å².